The van der Waals surface area contributed by atoms with Crippen molar-refractivity contribution in [3.8, 4) is 11.4 Å². The second-order valence-electron chi connectivity index (χ2n) is 5.53. The third-order valence-electron chi connectivity index (χ3n) is 4.00. The van der Waals surface area contributed by atoms with E-state index in [0.717, 1.165) is 30.4 Å². The van der Waals surface area contributed by atoms with E-state index in [1.165, 1.54) is 24.0 Å². The van der Waals surface area contributed by atoms with Gasteiger partial charge in [0.05, 0.1) is 0 Å². The quantitative estimate of drug-likeness (QED) is 0.938. The van der Waals surface area contributed by atoms with E-state index < -0.39 is 0 Å². The fourth-order valence-electron chi connectivity index (χ4n) is 2.54. The van der Waals surface area contributed by atoms with Gasteiger partial charge in [-0.05, 0) is 43.9 Å². The highest BCUT2D eigenvalue weighted by Crippen LogP contribution is 2.23. The lowest BCUT2D eigenvalue weighted by molar-refractivity contribution is 0.884. The maximum absolute atomic E-state index is 4.67. The zero-order valence-electron chi connectivity index (χ0n) is 12.8. The summed E-state index contributed by atoms with van der Waals surface area (Å²) in [5, 5.41) is 3.04. The van der Waals surface area contributed by atoms with Crippen LogP contribution in [0.25, 0.3) is 11.4 Å². The fraction of sp³-hybridized carbons (Fsp3) is 0.438. The number of hydrogen-bond donors (Lipinski definition) is 1. The summed E-state index contributed by atoms with van der Waals surface area (Å²) in [7, 11) is 1.84. The zero-order valence-corrected chi connectivity index (χ0v) is 12.8. The van der Waals surface area contributed by atoms with E-state index in [1.54, 1.807) is 0 Å². The first-order chi connectivity index (χ1) is 10.2. The summed E-state index contributed by atoms with van der Waals surface area (Å²) in [5.41, 5.74) is 3.57. The van der Waals surface area contributed by atoms with Gasteiger partial charge in [0.1, 0.15) is 0 Å². The smallest absolute Gasteiger partial charge is 0.230 e. The number of rotatable bonds is 3. The Morgan fingerprint density at radius 1 is 1.00 bits per heavy atom. The maximum Gasteiger partial charge on any atom is 0.230 e. The average molecular weight is 283 g/mol. The second-order valence-corrected chi connectivity index (χ2v) is 5.53. The van der Waals surface area contributed by atoms with Crippen molar-refractivity contribution < 1.29 is 0 Å². The summed E-state index contributed by atoms with van der Waals surface area (Å²) >= 11 is 0. The Morgan fingerprint density at radius 2 is 1.76 bits per heavy atom. The van der Waals surface area contributed by atoms with Crippen LogP contribution in [0.5, 0.6) is 0 Å². The van der Waals surface area contributed by atoms with Gasteiger partial charge < -0.3 is 10.2 Å². The molecule has 1 aromatic carbocycles. The minimum Gasteiger partial charge on any atom is -0.357 e. The minimum absolute atomic E-state index is 0.625. The van der Waals surface area contributed by atoms with Crippen molar-refractivity contribution in [3.05, 3.63) is 29.3 Å². The third kappa shape index (κ3) is 2.82. The summed E-state index contributed by atoms with van der Waals surface area (Å²) in [6, 6.07) is 6.33. The SMILES string of the molecule is CNc1nc(-c2ccc(C)c(C)c2)nc(N2CCCC2)n1. The van der Waals surface area contributed by atoms with Crippen LogP contribution in [0, 0.1) is 13.8 Å². The fourth-order valence-corrected chi connectivity index (χ4v) is 2.54. The topological polar surface area (TPSA) is 53.9 Å². The Morgan fingerprint density at radius 3 is 2.43 bits per heavy atom. The molecule has 5 nitrogen and oxygen atoms in total. The summed E-state index contributed by atoms with van der Waals surface area (Å²) in [4.78, 5) is 15.9. The van der Waals surface area contributed by atoms with E-state index in [-0.39, 0.29) is 0 Å². The maximum atomic E-state index is 4.67. The summed E-state index contributed by atoms with van der Waals surface area (Å²) in [6.45, 7) is 6.28. The standard InChI is InChI=1S/C16H21N5/c1-11-6-7-13(10-12(11)2)14-18-15(17-3)20-16(19-14)21-8-4-5-9-21/h6-7,10H,4-5,8-9H2,1-3H3,(H,17,18,19,20). The van der Waals surface area contributed by atoms with Gasteiger partial charge >= 0.3 is 0 Å². The highest BCUT2D eigenvalue weighted by atomic mass is 15.3. The van der Waals surface area contributed by atoms with E-state index in [4.69, 9.17) is 0 Å². The van der Waals surface area contributed by atoms with Crippen molar-refractivity contribution in [2.45, 2.75) is 26.7 Å². The number of anilines is 2. The molecule has 0 aliphatic carbocycles. The summed E-state index contributed by atoms with van der Waals surface area (Å²) in [5.74, 6) is 2.14. The van der Waals surface area contributed by atoms with Crippen LogP contribution in [0.3, 0.4) is 0 Å². The second kappa shape index (κ2) is 5.68. The lowest BCUT2D eigenvalue weighted by atomic mass is 10.1. The Hall–Kier alpha value is -2.17. The molecule has 0 atom stereocenters. The summed E-state index contributed by atoms with van der Waals surface area (Å²) in [6.07, 6.45) is 2.42. The van der Waals surface area contributed by atoms with Crippen LogP contribution in [0.15, 0.2) is 18.2 Å². The predicted molar refractivity (Wildman–Crippen MR) is 85.7 cm³/mol. The highest BCUT2D eigenvalue weighted by molar-refractivity contribution is 5.60. The molecule has 0 spiro atoms. The first kappa shape index (κ1) is 13.8. The minimum atomic E-state index is 0.625. The number of aromatic nitrogens is 3. The number of nitrogens with zero attached hydrogens (tertiary/aromatic N) is 4. The van der Waals surface area contributed by atoms with Gasteiger partial charge in [-0.15, -0.1) is 0 Å². The lowest BCUT2D eigenvalue weighted by Crippen LogP contribution is -2.21. The molecule has 2 heterocycles. The van der Waals surface area contributed by atoms with E-state index >= 15 is 0 Å². The van der Waals surface area contributed by atoms with Crippen molar-refractivity contribution in [3.63, 3.8) is 0 Å². The normalized spacial score (nSPS) is 14.5. The van der Waals surface area contributed by atoms with E-state index in [9.17, 15) is 0 Å². The van der Waals surface area contributed by atoms with Crippen LogP contribution < -0.4 is 10.2 Å². The van der Waals surface area contributed by atoms with Crippen LogP contribution >= 0.6 is 0 Å². The van der Waals surface area contributed by atoms with Gasteiger partial charge in [0.15, 0.2) is 5.82 Å². The molecule has 2 aromatic rings. The molecule has 1 fully saturated rings. The Bertz CT molecular complexity index is 647. The number of nitrogens with one attached hydrogen (secondary N) is 1. The van der Waals surface area contributed by atoms with E-state index in [1.807, 2.05) is 7.05 Å². The van der Waals surface area contributed by atoms with Gasteiger partial charge in [-0.1, -0.05) is 12.1 Å². The van der Waals surface area contributed by atoms with Gasteiger partial charge in [-0.2, -0.15) is 15.0 Å². The molecular weight excluding hydrogens is 262 g/mol. The molecule has 21 heavy (non-hydrogen) atoms. The first-order valence-electron chi connectivity index (χ1n) is 7.44. The van der Waals surface area contributed by atoms with Crippen LogP contribution in [0.4, 0.5) is 11.9 Å². The molecule has 0 radical (unpaired) electrons. The molecule has 0 saturated carbocycles. The van der Waals surface area contributed by atoms with Crippen molar-refractivity contribution in [1.82, 2.24) is 15.0 Å². The molecule has 1 N–H and O–H groups in total. The van der Waals surface area contributed by atoms with Crippen molar-refractivity contribution in [2.24, 2.45) is 0 Å². The van der Waals surface area contributed by atoms with Gasteiger partial charge in [0.2, 0.25) is 11.9 Å². The largest absolute Gasteiger partial charge is 0.357 e. The third-order valence-corrected chi connectivity index (χ3v) is 4.00. The first-order valence-corrected chi connectivity index (χ1v) is 7.44. The van der Waals surface area contributed by atoms with Crippen LogP contribution in [0.1, 0.15) is 24.0 Å². The summed E-state index contributed by atoms with van der Waals surface area (Å²) < 4.78 is 0. The monoisotopic (exact) mass is 283 g/mol. The van der Waals surface area contributed by atoms with Crippen LogP contribution in [-0.2, 0) is 0 Å². The van der Waals surface area contributed by atoms with E-state index in [2.05, 4.69) is 57.2 Å². The molecule has 110 valence electrons. The molecule has 0 unspecified atom stereocenters. The molecule has 1 aliphatic rings. The Balaban J connectivity index is 2.04. The highest BCUT2D eigenvalue weighted by Gasteiger charge is 2.17. The molecule has 0 amide bonds. The van der Waals surface area contributed by atoms with Crippen molar-refractivity contribution in [2.75, 3.05) is 30.4 Å². The van der Waals surface area contributed by atoms with Crippen molar-refractivity contribution >= 4 is 11.9 Å². The van der Waals surface area contributed by atoms with Crippen LogP contribution in [0.2, 0.25) is 0 Å². The molecule has 0 bridgehead atoms. The molecule has 5 heteroatoms. The van der Waals surface area contributed by atoms with Gasteiger partial charge in [-0.25, -0.2) is 0 Å². The number of hydrogen-bond acceptors (Lipinski definition) is 5. The molecule has 1 aliphatic heterocycles. The predicted octanol–water partition coefficient (Wildman–Crippen LogP) is 2.80. The zero-order chi connectivity index (χ0) is 14.8. The number of benzene rings is 1. The van der Waals surface area contributed by atoms with Crippen molar-refractivity contribution in [1.29, 1.82) is 0 Å². The lowest BCUT2D eigenvalue weighted by Gasteiger charge is -2.16. The molecule has 1 aromatic heterocycles. The van der Waals surface area contributed by atoms with Gasteiger partial charge in [0, 0.05) is 25.7 Å². The number of aryl methyl sites for hydroxylation is 2. The molecule has 1 saturated heterocycles. The Labute approximate surface area is 125 Å². The average Bonchev–Trinajstić information content (AvgIpc) is 3.04. The van der Waals surface area contributed by atoms with Gasteiger partial charge in [-0.3, -0.25) is 0 Å². The Kier molecular flexibility index (Phi) is 3.73. The van der Waals surface area contributed by atoms with Crippen LogP contribution in [-0.4, -0.2) is 35.1 Å². The molecule has 3 rings (SSSR count). The van der Waals surface area contributed by atoms with E-state index in [0.29, 0.717) is 5.95 Å². The molecular formula is C16H21N5. The van der Waals surface area contributed by atoms with Gasteiger partial charge in [0.25, 0.3) is 0 Å².